The second-order valence-corrected chi connectivity index (χ2v) is 9.70. The van der Waals surface area contributed by atoms with Crippen LogP contribution in [-0.2, 0) is 14.4 Å². The first-order valence-electron chi connectivity index (χ1n) is 11.6. The quantitative estimate of drug-likeness (QED) is 0.503. The third-order valence-corrected chi connectivity index (χ3v) is 7.16. The van der Waals surface area contributed by atoms with Crippen LogP contribution >= 0.6 is 11.6 Å². The molecule has 3 amide bonds. The molecule has 1 aliphatic heterocycles. The number of rotatable bonds is 8. The summed E-state index contributed by atoms with van der Waals surface area (Å²) in [6, 6.07) is 5.40. The molecule has 2 aliphatic rings. The second kappa shape index (κ2) is 10.7. The maximum Gasteiger partial charge on any atom is 0.247 e. The van der Waals surface area contributed by atoms with Gasteiger partial charge < -0.3 is 20.6 Å². The fourth-order valence-electron chi connectivity index (χ4n) is 5.30. The molecule has 3 N–H and O–H groups in total. The molecule has 33 heavy (non-hydrogen) atoms. The molecule has 1 aliphatic carbocycles. The Balaban J connectivity index is 2.04. The summed E-state index contributed by atoms with van der Waals surface area (Å²) in [4.78, 5) is 41.9. The van der Waals surface area contributed by atoms with Crippen molar-refractivity contribution in [2.24, 2.45) is 29.6 Å². The van der Waals surface area contributed by atoms with Crippen molar-refractivity contribution in [3.63, 3.8) is 0 Å². The van der Waals surface area contributed by atoms with Gasteiger partial charge in [-0.25, -0.2) is 0 Å². The number of nitrogens with one attached hydrogen (secondary N) is 2. The Bertz CT molecular complexity index is 901. The lowest BCUT2D eigenvalue weighted by Gasteiger charge is -2.35. The molecule has 1 aromatic carbocycles. The van der Waals surface area contributed by atoms with E-state index in [9.17, 15) is 19.5 Å². The molecule has 0 saturated carbocycles. The van der Waals surface area contributed by atoms with Crippen LogP contribution in [0.5, 0.6) is 0 Å². The number of aliphatic hydroxyl groups is 1. The van der Waals surface area contributed by atoms with E-state index >= 15 is 0 Å². The smallest absolute Gasteiger partial charge is 0.247 e. The van der Waals surface area contributed by atoms with E-state index in [0.717, 1.165) is 12.8 Å². The van der Waals surface area contributed by atoms with E-state index in [-0.39, 0.29) is 36.2 Å². The SMILES string of the molecule is CCC[C@@H]1C=C[C@H]2[C@@H](C(=O)N([C@@H](CO)C(C)C)[C@@H]2C(=O)Nc2ccc(Cl)cc2)[C@@H]1C(=O)NC. The van der Waals surface area contributed by atoms with Gasteiger partial charge in [0.25, 0.3) is 0 Å². The Morgan fingerprint density at radius 2 is 1.82 bits per heavy atom. The van der Waals surface area contributed by atoms with Gasteiger partial charge in [-0.15, -0.1) is 0 Å². The van der Waals surface area contributed by atoms with Crippen LogP contribution in [0, 0.1) is 29.6 Å². The number of nitrogens with zero attached hydrogens (tertiary/aromatic N) is 1. The first-order valence-corrected chi connectivity index (χ1v) is 12.0. The van der Waals surface area contributed by atoms with Crippen molar-refractivity contribution in [1.82, 2.24) is 10.2 Å². The molecule has 0 radical (unpaired) electrons. The minimum Gasteiger partial charge on any atom is -0.394 e. The highest BCUT2D eigenvalue weighted by Gasteiger charge is 2.58. The summed E-state index contributed by atoms with van der Waals surface area (Å²) in [6.45, 7) is 5.61. The van der Waals surface area contributed by atoms with Gasteiger partial charge in [0.15, 0.2) is 0 Å². The Kier molecular flexibility index (Phi) is 8.19. The van der Waals surface area contributed by atoms with Gasteiger partial charge in [0.05, 0.1) is 24.5 Å². The van der Waals surface area contributed by atoms with Crippen molar-refractivity contribution in [2.75, 3.05) is 19.0 Å². The number of likely N-dealkylation sites (tertiary alicyclic amines) is 1. The number of anilines is 1. The number of halogens is 1. The number of allylic oxidation sites excluding steroid dienone is 1. The van der Waals surface area contributed by atoms with Crippen molar-refractivity contribution < 1.29 is 19.5 Å². The minimum atomic E-state index is -0.830. The highest BCUT2D eigenvalue weighted by Crippen LogP contribution is 2.46. The van der Waals surface area contributed by atoms with Gasteiger partial charge in [-0.3, -0.25) is 14.4 Å². The molecule has 0 spiro atoms. The summed E-state index contributed by atoms with van der Waals surface area (Å²) in [6.07, 6.45) is 5.58. The average molecular weight is 476 g/mol. The highest BCUT2D eigenvalue weighted by molar-refractivity contribution is 6.30. The lowest BCUT2D eigenvalue weighted by atomic mass is 9.68. The van der Waals surface area contributed by atoms with E-state index in [1.807, 2.05) is 32.9 Å². The lowest BCUT2D eigenvalue weighted by molar-refractivity contribution is -0.143. The predicted octanol–water partition coefficient (Wildman–Crippen LogP) is 3.09. The van der Waals surface area contributed by atoms with Gasteiger partial charge in [-0.1, -0.05) is 50.9 Å². The fraction of sp³-hybridized carbons (Fsp3) is 0.560. The zero-order valence-electron chi connectivity index (χ0n) is 19.6. The molecule has 0 unspecified atom stereocenters. The number of hydrogen-bond donors (Lipinski definition) is 3. The van der Waals surface area contributed by atoms with Gasteiger partial charge >= 0.3 is 0 Å². The maximum absolute atomic E-state index is 13.8. The summed E-state index contributed by atoms with van der Waals surface area (Å²) in [5, 5.41) is 16.3. The Morgan fingerprint density at radius 3 is 2.36 bits per heavy atom. The van der Waals surface area contributed by atoms with Crippen molar-refractivity contribution in [3.8, 4) is 0 Å². The first-order chi connectivity index (χ1) is 15.7. The number of carbonyl (C=O) groups is 3. The van der Waals surface area contributed by atoms with Crippen LogP contribution in [0.2, 0.25) is 5.02 Å². The number of benzene rings is 1. The zero-order valence-corrected chi connectivity index (χ0v) is 20.4. The molecule has 0 bridgehead atoms. The van der Waals surface area contributed by atoms with Crippen molar-refractivity contribution in [2.45, 2.75) is 45.7 Å². The van der Waals surface area contributed by atoms with E-state index < -0.39 is 29.8 Å². The highest BCUT2D eigenvalue weighted by atomic mass is 35.5. The third kappa shape index (κ3) is 4.94. The molecule has 1 heterocycles. The molecule has 1 fully saturated rings. The van der Waals surface area contributed by atoms with E-state index in [0.29, 0.717) is 10.7 Å². The Morgan fingerprint density at radius 1 is 1.15 bits per heavy atom. The van der Waals surface area contributed by atoms with E-state index in [4.69, 9.17) is 11.6 Å². The molecule has 6 atom stereocenters. The van der Waals surface area contributed by atoms with Gasteiger partial charge in [0.2, 0.25) is 17.7 Å². The summed E-state index contributed by atoms with van der Waals surface area (Å²) < 4.78 is 0. The molecule has 3 rings (SSSR count). The lowest BCUT2D eigenvalue weighted by Crippen LogP contribution is -2.52. The minimum absolute atomic E-state index is 0.0706. The average Bonchev–Trinajstić information content (AvgIpc) is 3.07. The Hall–Kier alpha value is -2.38. The standard InChI is InChI=1S/C25H34ClN3O4/c1-5-6-15-7-12-18-21(20(15)23(31)27-4)25(33)29(19(13-30)14(2)3)22(18)24(32)28-17-10-8-16(26)9-11-17/h7-12,14-15,18-22,30H,5-6,13H2,1-4H3,(H,27,31)(H,28,32)/t15-,18+,19+,20-,21-,22+/m1/s1. The normalized spacial score (nSPS) is 27.4. The van der Waals surface area contributed by atoms with E-state index in [2.05, 4.69) is 10.6 Å². The maximum atomic E-state index is 13.8. The number of aliphatic hydroxyl groups excluding tert-OH is 1. The van der Waals surface area contributed by atoms with Gasteiger partial charge in [-0.2, -0.15) is 0 Å². The monoisotopic (exact) mass is 475 g/mol. The van der Waals surface area contributed by atoms with Gasteiger partial charge in [0, 0.05) is 23.7 Å². The number of amides is 3. The van der Waals surface area contributed by atoms with Crippen LogP contribution in [0.15, 0.2) is 36.4 Å². The molecule has 180 valence electrons. The molecule has 1 aromatic rings. The first kappa shape index (κ1) is 25.2. The summed E-state index contributed by atoms with van der Waals surface area (Å²) >= 11 is 5.96. The van der Waals surface area contributed by atoms with Gasteiger partial charge in [-0.05, 0) is 42.5 Å². The molecular formula is C25H34ClN3O4. The largest absolute Gasteiger partial charge is 0.394 e. The number of fused-ring (bicyclic) bond motifs is 1. The van der Waals surface area contributed by atoms with E-state index in [1.165, 1.54) is 4.90 Å². The molecular weight excluding hydrogens is 442 g/mol. The Labute approximate surface area is 200 Å². The van der Waals surface area contributed by atoms with Crippen molar-refractivity contribution in [1.29, 1.82) is 0 Å². The number of hydrogen-bond acceptors (Lipinski definition) is 4. The molecule has 7 nitrogen and oxygen atoms in total. The number of carbonyl (C=O) groups excluding carboxylic acids is 3. The summed E-state index contributed by atoms with van der Waals surface area (Å²) in [5.74, 6) is -2.60. The topological polar surface area (TPSA) is 98.7 Å². The fourth-order valence-corrected chi connectivity index (χ4v) is 5.43. The second-order valence-electron chi connectivity index (χ2n) is 9.26. The molecule has 1 saturated heterocycles. The molecule has 0 aromatic heterocycles. The van der Waals surface area contributed by atoms with Crippen molar-refractivity contribution >= 4 is 35.0 Å². The van der Waals surface area contributed by atoms with Crippen LogP contribution < -0.4 is 10.6 Å². The summed E-state index contributed by atoms with van der Waals surface area (Å²) in [7, 11) is 1.57. The van der Waals surface area contributed by atoms with Gasteiger partial charge in [0.1, 0.15) is 6.04 Å². The van der Waals surface area contributed by atoms with Crippen LogP contribution in [0.25, 0.3) is 0 Å². The molecule has 8 heteroatoms. The van der Waals surface area contributed by atoms with E-state index in [1.54, 1.807) is 31.3 Å². The van der Waals surface area contributed by atoms with Crippen LogP contribution in [0.3, 0.4) is 0 Å². The van der Waals surface area contributed by atoms with Crippen LogP contribution in [0.4, 0.5) is 5.69 Å². The summed E-state index contributed by atoms with van der Waals surface area (Å²) in [5.41, 5.74) is 0.567. The zero-order chi connectivity index (χ0) is 24.3. The van der Waals surface area contributed by atoms with Crippen LogP contribution in [0.1, 0.15) is 33.6 Å². The van der Waals surface area contributed by atoms with Crippen LogP contribution in [-0.4, -0.2) is 53.5 Å². The van der Waals surface area contributed by atoms with Crippen molar-refractivity contribution in [3.05, 3.63) is 41.4 Å². The third-order valence-electron chi connectivity index (χ3n) is 6.91. The predicted molar refractivity (Wildman–Crippen MR) is 129 cm³/mol.